The molecule has 1 aromatic heterocycles. The van der Waals surface area contributed by atoms with Crippen molar-refractivity contribution in [3.05, 3.63) is 28.3 Å². The third-order valence-corrected chi connectivity index (χ3v) is 5.18. The van der Waals surface area contributed by atoms with E-state index < -0.39 is 15.6 Å². The molecule has 0 amide bonds. The van der Waals surface area contributed by atoms with Crippen LogP contribution >= 0.6 is 0 Å². The Bertz CT molecular complexity index is 622. The molecule has 0 saturated carbocycles. The van der Waals surface area contributed by atoms with Crippen LogP contribution < -0.4 is 10.4 Å². The standard InChI is InChI=1S/C13H19NO5S/c1-3-6-20(16,17)14-5-4-11(9-14)19-12-7-10(2)18-13(15)8-12/h7-8,11H,3-6,9H2,1-2H3. The van der Waals surface area contributed by atoms with Crippen molar-refractivity contribution >= 4 is 10.0 Å². The predicted molar refractivity (Wildman–Crippen MR) is 74.4 cm³/mol. The summed E-state index contributed by atoms with van der Waals surface area (Å²) in [6.07, 6.45) is 1.01. The second-order valence-corrected chi connectivity index (χ2v) is 7.01. The normalized spacial score (nSPS) is 20.2. The number of rotatable bonds is 5. The summed E-state index contributed by atoms with van der Waals surface area (Å²) in [5.74, 6) is 1.06. The summed E-state index contributed by atoms with van der Waals surface area (Å²) in [6, 6.07) is 2.90. The van der Waals surface area contributed by atoms with Gasteiger partial charge in [-0.25, -0.2) is 13.2 Å². The first kappa shape index (κ1) is 15.1. The maximum Gasteiger partial charge on any atom is 0.339 e. The van der Waals surface area contributed by atoms with Crippen LogP contribution in [-0.2, 0) is 10.0 Å². The molecule has 0 aromatic carbocycles. The maximum atomic E-state index is 11.9. The van der Waals surface area contributed by atoms with Crippen molar-refractivity contribution in [3.8, 4) is 5.75 Å². The van der Waals surface area contributed by atoms with Gasteiger partial charge in [0.05, 0.1) is 18.4 Å². The minimum Gasteiger partial charge on any atom is -0.489 e. The van der Waals surface area contributed by atoms with Gasteiger partial charge in [0.15, 0.2) is 0 Å². The lowest BCUT2D eigenvalue weighted by Gasteiger charge is -2.16. The van der Waals surface area contributed by atoms with Crippen molar-refractivity contribution in [3.63, 3.8) is 0 Å². The van der Waals surface area contributed by atoms with Crippen molar-refractivity contribution in [2.45, 2.75) is 32.8 Å². The molecule has 1 fully saturated rings. The fourth-order valence-electron chi connectivity index (χ4n) is 2.27. The van der Waals surface area contributed by atoms with Gasteiger partial charge in [-0.1, -0.05) is 6.92 Å². The fourth-order valence-corrected chi connectivity index (χ4v) is 3.82. The van der Waals surface area contributed by atoms with E-state index in [1.807, 2.05) is 6.92 Å². The van der Waals surface area contributed by atoms with Gasteiger partial charge in [-0.3, -0.25) is 0 Å². The summed E-state index contributed by atoms with van der Waals surface area (Å²) >= 11 is 0. The molecule has 20 heavy (non-hydrogen) atoms. The Kier molecular flexibility index (Phi) is 4.49. The van der Waals surface area contributed by atoms with Crippen molar-refractivity contribution in [1.29, 1.82) is 0 Å². The van der Waals surface area contributed by atoms with E-state index in [0.717, 1.165) is 0 Å². The van der Waals surface area contributed by atoms with E-state index in [1.165, 1.54) is 10.4 Å². The summed E-state index contributed by atoms with van der Waals surface area (Å²) in [5.41, 5.74) is -0.464. The van der Waals surface area contributed by atoms with Gasteiger partial charge in [0.1, 0.15) is 17.6 Å². The molecule has 2 heterocycles. The zero-order valence-corrected chi connectivity index (χ0v) is 12.5. The van der Waals surface area contributed by atoms with E-state index in [-0.39, 0.29) is 11.9 Å². The van der Waals surface area contributed by atoms with Crippen molar-refractivity contribution < 1.29 is 17.6 Å². The Morgan fingerprint density at radius 3 is 2.85 bits per heavy atom. The summed E-state index contributed by atoms with van der Waals surface area (Å²) in [4.78, 5) is 11.2. The SMILES string of the molecule is CCCS(=O)(=O)N1CCC(Oc2cc(C)oc(=O)c2)C1. The van der Waals surface area contributed by atoms with E-state index in [9.17, 15) is 13.2 Å². The van der Waals surface area contributed by atoms with Crippen molar-refractivity contribution in [2.24, 2.45) is 0 Å². The van der Waals surface area contributed by atoms with E-state index in [0.29, 0.717) is 37.4 Å². The Morgan fingerprint density at radius 1 is 1.45 bits per heavy atom. The molecule has 0 N–H and O–H groups in total. The molecule has 0 bridgehead atoms. The Balaban J connectivity index is 2.02. The predicted octanol–water partition coefficient (Wildman–Crippen LogP) is 1.14. The minimum absolute atomic E-state index is 0.160. The zero-order valence-electron chi connectivity index (χ0n) is 11.7. The second-order valence-electron chi connectivity index (χ2n) is 4.93. The van der Waals surface area contributed by atoms with Gasteiger partial charge >= 0.3 is 5.63 Å². The summed E-state index contributed by atoms with van der Waals surface area (Å²) < 4.78 is 35.9. The Hall–Kier alpha value is -1.34. The first-order chi connectivity index (χ1) is 9.40. The van der Waals surface area contributed by atoms with Crippen LogP contribution in [0.4, 0.5) is 0 Å². The number of aryl methyl sites for hydroxylation is 1. The third kappa shape index (κ3) is 3.61. The molecule has 112 valence electrons. The maximum absolute atomic E-state index is 11.9. The lowest BCUT2D eigenvalue weighted by atomic mass is 10.3. The van der Waals surface area contributed by atoms with Gasteiger partial charge in [0, 0.05) is 12.6 Å². The molecular formula is C13H19NO5S. The number of hydrogen-bond donors (Lipinski definition) is 0. The molecule has 1 saturated heterocycles. The van der Waals surface area contributed by atoms with E-state index in [1.54, 1.807) is 13.0 Å². The van der Waals surface area contributed by atoms with E-state index >= 15 is 0 Å². The van der Waals surface area contributed by atoms with Crippen LogP contribution in [0.5, 0.6) is 5.75 Å². The Labute approximate surface area is 118 Å². The number of hydrogen-bond acceptors (Lipinski definition) is 5. The molecule has 1 aromatic rings. The molecule has 0 spiro atoms. The average molecular weight is 301 g/mol. The highest BCUT2D eigenvalue weighted by atomic mass is 32.2. The molecular weight excluding hydrogens is 282 g/mol. The molecule has 0 aliphatic carbocycles. The summed E-state index contributed by atoms with van der Waals surface area (Å²) in [7, 11) is -3.18. The first-order valence-electron chi connectivity index (χ1n) is 6.67. The van der Waals surface area contributed by atoms with Crippen LogP contribution in [-0.4, -0.2) is 37.7 Å². The minimum atomic E-state index is -3.18. The molecule has 1 unspecified atom stereocenters. The second kappa shape index (κ2) is 5.97. The van der Waals surface area contributed by atoms with Crippen LogP contribution in [0.25, 0.3) is 0 Å². The summed E-state index contributed by atoms with van der Waals surface area (Å²) in [5, 5.41) is 0. The van der Waals surface area contributed by atoms with E-state index in [2.05, 4.69) is 0 Å². The van der Waals surface area contributed by atoms with Crippen molar-refractivity contribution in [2.75, 3.05) is 18.8 Å². The molecule has 6 nitrogen and oxygen atoms in total. The highest BCUT2D eigenvalue weighted by molar-refractivity contribution is 7.89. The number of ether oxygens (including phenoxy) is 1. The summed E-state index contributed by atoms with van der Waals surface area (Å²) in [6.45, 7) is 4.31. The van der Waals surface area contributed by atoms with Crippen LogP contribution in [0.2, 0.25) is 0 Å². The highest BCUT2D eigenvalue weighted by Crippen LogP contribution is 2.20. The van der Waals surface area contributed by atoms with Crippen LogP contribution in [0.1, 0.15) is 25.5 Å². The van der Waals surface area contributed by atoms with Gasteiger partial charge in [0.25, 0.3) is 0 Å². The van der Waals surface area contributed by atoms with E-state index in [4.69, 9.17) is 9.15 Å². The molecule has 1 atom stereocenters. The van der Waals surface area contributed by atoms with Crippen molar-refractivity contribution in [1.82, 2.24) is 4.31 Å². The highest BCUT2D eigenvalue weighted by Gasteiger charge is 2.31. The van der Waals surface area contributed by atoms with Gasteiger partial charge in [-0.05, 0) is 19.8 Å². The Morgan fingerprint density at radius 2 is 2.20 bits per heavy atom. The third-order valence-electron chi connectivity index (χ3n) is 3.13. The van der Waals surface area contributed by atoms with Gasteiger partial charge in [0.2, 0.25) is 10.0 Å². The van der Waals surface area contributed by atoms with Crippen LogP contribution in [0, 0.1) is 6.92 Å². The van der Waals surface area contributed by atoms with Gasteiger partial charge in [-0.2, -0.15) is 4.31 Å². The molecule has 2 rings (SSSR count). The van der Waals surface area contributed by atoms with Crippen LogP contribution in [0.15, 0.2) is 21.3 Å². The van der Waals surface area contributed by atoms with Gasteiger partial charge in [-0.15, -0.1) is 0 Å². The topological polar surface area (TPSA) is 76.8 Å². The number of sulfonamides is 1. The fraction of sp³-hybridized carbons (Fsp3) is 0.615. The average Bonchev–Trinajstić information content (AvgIpc) is 2.76. The quantitative estimate of drug-likeness (QED) is 0.815. The number of nitrogens with zero attached hydrogens (tertiary/aromatic N) is 1. The molecule has 7 heteroatoms. The molecule has 1 aliphatic rings. The molecule has 0 radical (unpaired) electrons. The smallest absolute Gasteiger partial charge is 0.339 e. The lowest BCUT2D eigenvalue weighted by Crippen LogP contribution is -2.32. The van der Waals surface area contributed by atoms with Crippen LogP contribution in [0.3, 0.4) is 0 Å². The molecule has 1 aliphatic heterocycles. The monoisotopic (exact) mass is 301 g/mol. The lowest BCUT2D eigenvalue weighted by molar-refractivity contribution is 0.213. The van der Waals surface area contributed by atoms with Gasteiger partial charge < -0.3 is 9.15 Å². The largest absolute Gasteiger partial charge is 0.489 e. The zero-order chi connectivity index (χ0) is 14.8. The first-order valence-corrected chi connectivity index (χ1v) is 8.28.